The van der Waals surface area contributed by atoms with Gasteiger partial charge in [-0.3, -0.25) is 0 Å². The Morgan fingerprint density at radius 3 is 2.88 bits per heavy atom. The second-order valence-corrected chi connectivity index (χ2v) is 4.62. The van der Waals surface area contributed by atoms with Gasteiger partial charge in [0.15, 0.2) is 0 Å². The summed E-state index contributed by atoms with van der Waals surface area (Å²) >= 11 is 1.67. The Morgan fingerprint density at radius 1 is 1.41 bits per heavy atom. The first-order chi connectivity index (χ1) is 8.31. The topological polar surface area (TPSA) is 39.7 Å². The lowest BCUT2D eigenvalue weighted by Gasteiger charge is -2.18. The third-order valence-electron chi connectivity index (χ3n) is 2.42. The molecular formula is C12H16N4S. The van der Waals surface area contributed by atoms with Crippen molar-refractivity contribution in [2.24, 2.45) is 5.10 Å². The van der Waals surface area contributed by atoms with E-state index >= 15 is 0 Å². The summed E-state index contributed by atoms with van der Waals surface area (Å²) in [6.45, 7) is 6.11. The zero-order chi connectivity index (χ0) is 12.1. The average molecular weight is 248 g/mol. The molecule has 0 saturated carbocycles. The first-order valence-corrected chi connectivity index (χ1v) is 6.52. The second kappa shape index (κ2) is 5.75. The number of nitrogens with one attached hydrogen (secondary N) is 2. The smallest absolute Gasteiger partial charge is 0.205 e. The summed E-state index contributed by atoms with van der Waals surface area (Å²) in [5.41, 5.74) is 8.05. The maximum Gasteiger partial charge on any atom is 0.205 e. The quantitative estimate of drug-likeness (QED) is 0.803. The van der Waals surface area contributed by atoms with Crippen LogP contribution >= 0.6 is 11.8 Å². The van der Waals surface area contributed by atoms with Gasteiger partial charge in [-0.1, -0.05) is 49.0 Å². The molecule has 1 aliphatic rings. The van der Waals surface area contributed by atoms with Gasteiger partial charge in [-0.05, 0) is 18.6 Å². The molecule has 1 aliphatic heterocycles. The van der Waals surface area contributed by atoms with E-state index in [0.29, 0.717) is 0 Å². The molecular weight excluding hydrogens is 232 g/mol. The van der Waals surface area contributed by atoms with Gasteiger partial charge >= 0.3 is 0 Å². The highest BCUT2D eigenvalue weighted by Gasteiger charge is 2.18. The van der Waals surface area contributed by atoms with E-state index in [0.717, 1.165) is 23.0 Å². The van der Waals surface area contributed by atoms with Crippen LogP contribution in [0.4, 0.5) is 5.69 Å². The van der Waals surface area contributed by atoms with Crippen LogP contribution < -0.4 is 16.1 Å². The molecule has 1 heterocycles. The van der Waals surface area contributed by atoms with Crippen LogP contribution in [0.1, 0.15) is 13.3 Å². The molecule has 1 aromatic rings. The molecule has 0 aliphatic carbocycles. The summed E-state index contributed by atoms with van der Waals surface area (Å²) in [6.07, 6.45) is 1.01. The lowest BCUT2D eigenvalue weighted by Crippen LogP contribution is -2.40. The molecule has 0 fully saturated rings. The van der Waals surface area contributed by atoms with E-state index in [1.165, 1.54) is 5.57 Å². The van der Waals surface area contributed by atoms with E-state index in [-0.39, 0.29) is 0 Å². The highest BCUT2D eigenvalue weighted by atomic mass is 32.2. The zero-order valence-electron chi connectivity index (χ0n) is 9.81. The van der Waals surface area contributed by atoms with Gasteiger partial charge in [0.25, 0.3) is 0 Å². The highest BCUT2D eigenvalue weighted by molar-refractivity contribution is 8.14. The SMILES string of the molecule is C=C(CC)CSC1=NNNN1c1ccccc1. The molecule has 4 nitrogen and oxygen atoms in total. The van der Waals surface area contributed by atoms with Crippen LogP contribution in [0.3, 0.4) is 0 Å². The van der Waals surface area contributed by atoms with Crippen LogP contribution in [0.5, 0.6) is 0 Å². The van der Waals surface area contributed by atoms with E-state index < -0.39 is 0 Å². The number of para-hydroxylation sites is 1. The van der Waals surface area contributed by atoms with Crippen molar-refractivity contribution < 1.29 is 0 Å². The largest absolute Gasteiger partial charge is 0.233 e. The molecule has 0 bridgehead atoms. The fourth-order valence-corrected chi connectivity index (χ4v) is 2.27. The van der Waals surface area contributed by atoms with Crippen molar-refractivity contribution in [3.63, 3.8) is 0 Å². The average Bonchev–Trinajstić information content (AvgIpc) is 2.85. The molecule has 2 rings (SSSR count). The number of rotatable bonds is 4. The van der Waals surface area contributed by atoms with E-state index in [1.807, 2.05) is 35.3 Å². The minimum Gasteiger partial charge on any atom is -0.233 e. The molecule has 0 aromatic heterocycles. The molecule has 5 heteroatoms. The Morgan fingerprint density at radius 2 is 2.18 bits per heavy atom. The number of hydrogen-bond acceptors (Lipinski definition) is 5. The van der Waals surface area contributed by atoms with Gasteiger partial charge in [0, 0.05) is 5.75 Å². The maximum absolute atomic E-state index is 4.20. The Hall–Kier alpha value is -1.46. The summed E-state index contributed by atoms with van der Waals surface area (Å²) in [5, 5.41) is 7.04. The molecule has 17 heavy (non-hydrogen) atoms. The fourth-order valence-electron chi connectivity index (χ4n) is 1.34. The Labute approximate surface area is 106 Å². The van der Waals surface area contributed by atoms with Crippen LogP contribution in [0.25, 0.3) is 0 Å². The molecule has 1 aromatic carbocycles. The van der Waals surface area contributed by atoms with Crippen molar-refractivity contribution in [1.82, 2.24) is 11.1 Å². The maximum atomic E-state index is 4.20. The molecule has 0 atom stereocenters. The van der Waals surface area contributed by atoms with E-state index in [9.17, 15) is 0 Å². The minimum absolute atomic E-state index is 0.891. The van der Waals surface area contributed by atoms with Crippen LogP contribution in [0, 0.1) is 0 Å². The number of benzene rings is 1. The molecule has 0 amide bonds. The molecule has 0 radical (unpaired) electrons. The Bertz CT molecular complexity index is 416. The molecule has 0 unspecified atom stereocenters. The van der Waals surface area contributed by atoms with E-state index in [1.54, 1.807) is 11.8 Å². The van der Waals surface area contributed by atoms with Crippen LogP contribution in [0.2, 0.25) is 0 Å². The predicted octanol–water partition coefficient (Wildman–Crippen LogP) is 2.49. The molecule has 0 spiro atoms. The van der Waals surface area contributed by atoms with Crippen molar-refractivity contribution >= 4 is 22.6 Å². The summed E-state index contributed by atoms with van der Waals surface area (Å²) < 4.78 is 0. The molecule has 0 saturated heterocycles. The number of anilines is 1. The fraction of sp³-hybridized carbons (Fsp3) is 0.250. The first-order valence-electron chi connectivity index (χ1n) is 5.54. The third kappa shape index (κ3) is 3.01. The van der Waals surface area contributed by atoms with Gasteiger partial charge in [-0.25, -0.2) is 10.5 Å². The van der Waals surface area contributed by atoms with Gasteiger partial charge in [-0.2, -0.15) is 0 Å². The van der Waals surface area contributed by atoms with Crippen LogP contribution in [-0.2, 0) is 0 Å². The van der Waals surface area contributed by atoms with Gasteiger partial charge in [0.2, 0.25) is 5.17 Å². The zero-order valence-corrected chi connectivity index (χ0v) is 10.6. The highest BCUT2D eigenvalue weighted by Crippen LogP contribution is 2.20. The predicted molar refractivity (Wildman–Crippen MR) is 74.5 cm³/mol. The van der Waals surface area contributed by atoms with Crippen LogP contribution in [0.15, 0.2) is 47.6 Å². The Balaban J connectivity index is 2.00. The van der Waals surface area contributed by atoms with Crippen molar-refractivity contribution in [2.75, 3.05) is 10.8 Å². The molecule has 90 valence electrons. The summed E-state index contributed by atoms with van der Waals surface area (Å²) in [7, 11) is 0. The standard InChI is InChI=1S/C12H16N4S/c1-3-10(2)9-17-12-13-14-15-16(12)11-7-5-4-6-8-11/h4-8,14-15H,2-3,9H2,1H3. The van der Waals surface area contributed by atoms with Crippen molar-refractivity contribution in [3.05, 3.63) is 42.5 Å². The van der Waals surface area contributed by atoms with Gasteiger partial charge < -0.3 is 0 Å². The second-order valence-electron chi connectivity index (χ2n) is 3.68. The third-order valence-corrected chi connectivity index (χ3v) is 3.51. The number of hydrazone groups is 1. The molecule has 2 N–H and O–H groups in total. The van der Waals surface area contributed by atoms with E-state index in [4.69, 9.17) is 0 Å². The number of hydrogen-bond donors (Lipinski definition) is 2. The number of amidine groups is 1. The van der Waals surface area contributed by atoms with Gasteiger partial charge in [-0.15, -0.1) is 10.6 Å². The minimum atomic E-state index is 0.891. The lowest BCUT2D eigenvalue weighted by molar-refractivity contribution is 0.623. The summed E-state index contributed by atoms with van der Waals surface area (Å²) in [4.78, 5) is 0. The van der Waals surface area contributed by atoms with Gasteiger partial charge in [0.05, 0.1) is 5.69 Å². The van der Waals surface area contributed by atoms with Crippen molar-refractivity contribution in [1.29, 1.82) is 0 Å². The summed E-state index contributed by atoms with van der Waals surface area (Å²) in [5.74, 6) is 0.891. The number of nitrogens with zero attached hydrogens (tertiary/aromatic N) is 2. The Kier molecular flexibility index (Phi) is 4.06. The van der Waals surface area contributed by atoms with Crippen molar-refractivity contribution in [3.8, 4) is 0 Å². The number of hydrazine groups is 2. The van der Waals surface area contributed by atoms with Gasteiger partial charge in [0.1, 0.15) is 0 Å². The van der Waals surface area contributed by atoms with Crippen LogP contribution in [-0.4, -0.2) is 10.9 Å². The van der Waals surface area contributed by atoms with Crippen molar-refractivity contribution in [2.45, 2.75) is 13.3 Å². The summed E-state index contributed by atoms with van der Waals surface area (Å²) in [6, 6.07) is 10.1. The van der Waals surface area contributed by atoms with E-state index in [2.05, 4.69) is 29.7 Å². The lowest BCUT2D eigenvalue weighted by atomic mass is 10.3. The number of thioether (sulfide) groups is 1. The normalized spacial score (nSPS) is 14.4. The monoisotopic (exact) mass is 248 g/mol. The first kappa shape index (κ1) is 12.0.